The first-order valence-corrected chi connectivity index (χ1v) is 30.1. The maximum absolute atomic E-state index is 13.8. The molecule has 24 nitrogen and oxygen atoms in total. The van der Waals surface area contributed by atoms with Crippen LogP contribution in [0.25, 0.3) is 16.7 Å². The van der Waals surface area contributed by atoms with Crippen molar-refractivity contribution in [3.8, 4) is 0 Å². The van der Waals surface area contributed by atoms with Crippen molar-refractivity contribution < 1.29 is 86.5 Å². The summed E-state index contributed by atoms with van der Waals surface area (Å²) in [5.74, 6) is -0.411. The van der Waals surface area contributed by atoms with Crippen molar-refractivity contribution in [3.63, 3.8) is 0 Å². The van der Waals surface area contributed by atoms with Crippen LogP contribution in [0.4, 0.5) is 14.4 Å². The third kappa shape index (κ3) is 14.4. The molecule has 0 unspecified atom stereocenters. The van der Waals surface area contributed by atoms with Crippen molar-refractivity contribution in [2.45, 2.75) is 138 Å². The van der Waals surface area contributed by atoms with Crippen LogP contribution in [0.2, 0.25) is 0 Å². The molecule has 0 atom stereocenters. The van der Waals surface area contributed by atoms with E-state index in [-0.39, 0.29) is 55.5 Å². The van der Waals surface area contributed by atoms with Crippen molar-refractivity contribution in [1.82, 2.24) is 30.6 Å². The standard InChI is InChI=1S/C23H32N2O7.C21H28N2O6.C21H28N2O5/c1-7-30-22(27)32-20-19(18-16(3)12-15(2)13-17(18)4)21(26)25(31-14-28-5)23(20)8-10-24(29-6)11-9-23;1-6-28-20(25)29-18-17(16-14(3)11-13(2)12-15(16)4)19(24)23(26)21(18)7-9-22(27-5)10-8-21;1-6-27-20(25)28-18-17(16-14(3)11-13(2)12-15(16)4)19(24)22-21(18)7-9-23(26-5)10-8-21/h12-13H,7-11,14H2,1-6H3;11-12,26H,6-10H2,1-5H3;11-12H,6-10H2,1-5H3,(H,22,24). The Bertz CT molecular complexity index is 3190. The van der Waals surface area contributed by atoms with Crippen molar-refractivity contribution in [1.29, 1.82) is 0 Å². The monoisotopic (exact) mass is 1240 g/mol. The molecule has 6 aliphatic rings. The number of hydroxylamine groups is 10. The molecule has 3 saturated heterocycles. The van der Waals surface area contributed by atoms with Crippen molar-refractivity contribution >= 4 is 52.9 Å². The van der Waals surface area contributed by atoms with Gasteiger partial charge in [0.05, 0.1) is 57.9 Å². The van der Waals surface area contributed by atoms with E-state index in [0.717, 1.165) is 66.3 Å². The summed E-state index contributed by atoms with van der Waals surface area (Å²) in [6.45, 7) is 26.3. The van der Waals surface area contributed by atoms with E-state index in [9.17, 15) is 34.0 Å². The molecule has 0 aromatic heterocycles. The molecule has 0 saturated carbocycles. The van der Waals surface area contributed by atoms with Gasteiger partial charge in [-0.2, -0.15) is 15.2 Å². The molecule has 0 aliphatic carbocycles. The minimum atomic E-state index is -1.14. The van der Waals surface area contributed by atoms with Gasteiger partial charge in [0.15, 0.2) is 24.1 Å². The smallest absolute Gasteiger partial charge is 0.434 e. The van der Waals surface area contributed by atoms with E-state index in [0.29, 0.717) is 100 Å². The number of nitrogens with one attached hydrogen (secondary N) is 1. The quantitative estimate of drug-likeness (QED) is 0.0622. The van der Waals surface area contributed by atoms with Gasteiger partial charge in [-0.15, -0.1) is 0 Å². The fourth-order valence-electron chi connectivity index (χ4n) is 13.3. The maximum Gasteiger partial charge on any atom is 0.513 e. The van der Waals surface area contributed by atoms with E-state index in [1.807, 2.05) is 104 Å². The van der Waals surface area contributed by atoms with Crippen LogP contribution in [0.15, 0.2) is 53.7 Å². The van der Waals surface area contributed by atoms with E-state index in [1.165, 1.54) is 12.2 Å². The van der Waals surface area contributed by atoms with Crippen LogP contribution >= 0.6 is 0 Å². The molecule has 24 heteroatoms. The van der Waals surface area contributed by atoms with E-state index in [4.69, 9.17) is 52.5 Å². The normalized spacial score (nSPS) is 19.0. The lowest BCUT2D eigenvalue weighted by Gasteiger charge is -2.43. The number of benzene rings is 3. The number of piperidine rings is 3. The summed E-state index contributed by atoms with van der Waals surface area (Å²) in [6.07, 6.45) is 0.218. The summed E-state index contributed by atoms with van der Waals surface area (Å²) < 4.78 is 37.2. The summed E-state index contributed by atoms with van der Waals surface area (Å²) in [5, 5.41) is 21.4. The van der Waals surface area contributed by atoms with Gasteiger partial charge in [-0.1, -0.05) is 53.1 Å². The molecule has 6 aliphatic heterocycles. The highest BCUT2D eigenvalue weighted by molar-refractivity contribution is 6.25. The topological polar surface area (TPSA) is 252 Å². The Morgan fingerprint density at radius 3 is 1.16 bits per heavy atom. The number of hydrogen-bond acceptors (Lipinski definition) is 21. The van der Waals surface area contributed by atoms with Gasteiger partial charge in [0.1, 0.15) is 16.6 Å². The number of aryl methyl sites for hydroxylation is 9. The van der Waals surface area contributed by atoms with E-state index < -0.39 is 41.0 Å². The Morgan fingerprint density at radius 2 is 0.798 bits per heavy atom. The summed E-state index contributed by atoms with van der Waals surface area (Å²) in [4.78, 5) is 98.7. The second-order valence-electron chi connectivity index (χ2n) is 23.0. The number of amides is 3. The highest BCUT2D eigenvalue weighted by atomic mass is 16.8. The number of rotatable bonds is 15. The van der Waals surface area contributed by atoms with E-state index >= 15 is 0 Å². The fraction of sp³-hybridized carbons (Fsp3) is 0.538. The average molecular weight is 1240 g/mol. The number of carbonyl (C=O) groups excluding carboxylic acids is 6. The van der Waals surface area contributed by atoms with Crippen LogP contribution in [0, 0.1) is 62.3 Å². The van der Waals surface area contributed by atoms with Gasteiger partial charge >= 0.3 is 18.5 Å². The number of hydrogen-bond donors (Lipinski definition) is 2. The molecule has 0 radical (unpaired) electrons. The third-order valence-corrected chi connectivity index (χ3v) is 17.0. The largest absolute Gasteiger partial charge is 0.513 e. The van der Waals surface area contributed by atoms with Crippen molar-refractivity contribution in [2.24, 2.45) is 0 Å². The number of ether oxygens (including phenoxy) is 7. The first kappa shape index (κ1) is 69.2. The summed E-state index contributed by atoms with van der Waals surface area (Å²) in [6, 6.07) is 12.0. The molecule has 3 spiro atoms. The van der Waals surface area contributed by atoms with Gasteiger partial charge in [-0.25, -0.2) is 29.3 Å². The Labute approximate surface area is 521 Å². The van der Waals surface area contributed by atoms with Crippen LogP contribution in [0.1, 0.15) is 126 Å². The van der Waals surface area contributed by atoms with Gasteiger partial charge in [-0.05, 0) is 172 Å². The minimum absolute atomic E-state index is 0.118. The molecule has 3 aromatic rings. The summed E-state index contributed by atoms with van der Waals surface area (Å²) in [7, 11) is 6.29. The van der Waals surface area contributed by atoms with E-state index in [1.54, 1.807) is 52.2 Å². The number of methoxy groups -OCH3 is 1. The Kier molecular flexibility index (Phi) is 23.0. The number of carbonyl (C=O) groups is 6. The zero-order valence-corrected chi connectivity index (χ0v) is 54.4. The highest BCUT2D eigenvalue weighted by Crippen LogP contribution is 2.50. The van der Waals surface area contributed by atoms with Gasteiger partial charge in [0.25, 0.3) is 17.7 Å². The summed E-state index contributed by atoms with van der Waals surface area (Å²) in [5.41, 5.74) is 9.07. The molecule has 3 amide bonds. The van der Waals surface area contributed by atoms with Crippen LogP contribution in [-0.2, 0) is 66.9 Å². The first-order chi connectivity index (χ1) is 42.3. The van der Waals surface area contributed by atoms with Crippen molar-refractivity contribution in [3.05, 3.63) is 120 Å². The lowest BCUT2D eigenvalue weighted by molar-refractivity contribution is -0.260. The maximum atomic E-state index is 13.8. The molecule has 0 bridgehead atoms. The second kappa shape index (κ2) is 29.6. The predicted octanol–water partition coefficient (Wildman–Crippen LogP) is 9.42. The molecule has 9 rings (SSSR count). The Hall–Kier alpha value is -7.26. The Balaban J connectivity index is 0.000000191. The fourth-order valence-corrected chi connectivity index (χ4v) is 13.3. The van der Waals surface area contributed by atoms with Gasteiger partial charge in [0, 0.05) is 46.4 Å². The van der Waals surface area contributed by atoms with Crippen LogP contribution < -0.4 is 5.32 Å². The summed E-state index contributed by atoms with van der Waals surface area (Å²) >= 11 is 0. The van der Waals surface area contributed by atoms with Gasteiger partial charge in [0.2, 0.25) is 0 Å². The van der Waals surface area contributed by atoms with Crippen LogP contribution in [0.5, 0.6) is 0 Å². The van der Waals surface area contributed by atoms with Crippen LogP contribution in [-0.4, -0.2) is 178 Å². The zero-order valence-electron chi connectivity index (χ0n) is 54.4. The lowest BCUT2D eigenvalue weighted by Crippen LogP contribution is -2.55. The molecule has 3 fully saturated rings. The molecule has 6 heterocycles. The van der Waals surface area contributed by atoms with Crippen LogP contribution in [0.3, 0.4) is 0 Å². The van der Waals surface area contributed by atoms with E-state index in [2.05, 4.69) is 5.32 Å². The molecule has 486 valence electrons. The second-order valence-corrected chi connectivity index (χ2v) is 23.0. The molecule has 3 aromatic carbocycles. The minimum Gasteiger partial charge on any atom is -0.434 e. The van der Waals surface area contributed by atoms with Gasteiger partial charge < -0.3 is 53.0 Å². The Morgan fingerprint density at radius 1 is 0.472 bits per heavy atom. The predicted molar refractivity (Wildman–Crippen MR) is 325 cm³/mol. The average Bonchev–Trinajstić information content (AvgIpc) is 1.60. The highest BCUT2D eigenvalue weighted by Gasteiger charge is 2.59. The SMILES string of the molecule is CCOC(=O)OC1=C(c2c(C)cc(C)cc2C)C(=O)N(O)C12CCN(OC)CC2.CCOC(=O)OC1=C(c2c(C)cc(C)cc2C)C(=O)N(OCOC)C12CCN(OC)CC2.CCOC(=O)OC1=C(c2c(C)cc(C)cc2C)C(=O)NC12CCN(OC)CC2. The molecule has 89 heavy (non-hydrogen) atoms. The lowest BCUT2D eigenvalue weighted by atomic mass is 9.84. The van der Waals surface area contributed by atoms with Gasteiger partial charge in [-0.3, -0.25) is 19.6 Å². The first-order valence-electron chi connectivity index (χ1n) is 30.1. The molecular formula is C65H88N6O18. The number of nitrogens with zero attached hydrogens (tertiary/aromatic N) is 5. The zero-order chi connectivity index (χ0) is 65.3. The molecular weight excluding hydrogens is 1150 g/mol. The molecule has 2 N–H and O–H groups in total. The van der Waals surface area contributed by atoms with Crippen molar-refractivity contribution in [2.75, 3.05) is 94.3 Å². The third-order valence-electron chi connectivity index (χ3n) is 17.0.